The van der Waals surface area contributed by atoms with Crippen molar-refractivity contribution in [3.8, 4) is 0 Å². The van der Waals surface area contributed by atoms with Crippen LogP contribution in [0.3, 0.4) is 0 Å². The maximum atomic E-state index is 12.2. The quantitative estimate of drug-likeness (QED) is 0.676. The van der Waals surface area contributed by atoms with Crippen LogP contribution >= 0.6 is 0 Å². The predicted octanol–water partition coefficient (Wildman–Crippen LogP) is 1.26. The fourth-order valence-corrected chi connectivity index (χ4v) is 3.43. The summed E-state index contributed by atoms with van der Waals surface area (Å²) in [6.07, 6.45) is 3.92. The highest BCUT2D eigenvalue weighted by Gasteiger charge is 2.28. The summed E-state index contributed by atoms with van der Waals surface area (Å²) in [5.74, 6) is 0.0618. The van der Waals surface area contributed by atoms with E-state index in [2.05, 4.69) is 28.3 Å². The zero-order valence-electron chi connectivity index (χ0n) is 12.8. The number of carbonyl (C=O) groups excluding carboxylic acids is 1. The van der Waals surface area contributed by atoms with Gasteiger partial charge in [0, 0.05) is 24.5 Å². The maximum Gasteiger partial charge on any atom is 0.223 e. The highest BCUT2D eigenvalue weighted by Crippen LogP contribution is 2.25. The molecular formula is C17H25N3O2. The molecule has 1 aliphatic heterocycles. The third-order valence-corrected chi connectivity index (χ3v) is 4.72. The number of hydrogen-bond acceptors (Lipinski definition) is 4. The third-order valence-electron chi connectivity index (χ3n) is 4.72. The number of aliphatic hydroxyl groups is 1. The lowest BCUT2D eigenvalue weighted by Crippen LogP contribution is -2.43. The van der Waals surface area contributed by atoms with Crippen LogP contribution in [-0.2, 0) is 4.79 Å². The number of hydrogen-bond donors (Lipinski definition) is 4. The molecule has 1 saturated carbocycles. The van der Waals surface area contributed by atoms with Gasteiger partial charge in [-0.1, -0.05) is 36.8 Å². The molecule has 0 radical (unpaired) electrons. The molecular weight excluding hydrogens is 278 g/mol. The monoisotopic (exact) mass is 303 g/mol. The van der Waals surface area contributed by atoms with Crippen LogP contribution in [0.2, 0.25) is 0 Å². The first-order chi connectivity index (χ1) is 10.7. The summed E-state index contributed by atoms with van der Waals surface area (Å²) in [5, 5.41) is 12.7. The van der Waals surface area contributed by atoms with Crippen molar-refractivity contribution >= 4 is 5.91 Å². The van der Waals surface area contributed by atoms with Gasteiger partial charge in [0.15, 0.2) is 0 Å². The number of hydrazine groups is 1. The lowest BCUT2D eigenvalue weighted by atomic mass is 9.86. The Morgan fingerprint density at radius 3 is 2.77 bits per heavy atom. The van der Waals surface area contributed by atoms with Crippen molar-refractivity contribution in [2.75, 3.05) is 6.54 Å². The van der Waals surface area contributed by atoms with Crippen molar-refractivity contribution < 1.29 is 9.90 Å². The second kappa shape index (κ2) is 7.22. The van der Waals surface area contributed by atoms with Crippen molar-refractivity contribution in [1.29, 1.82) is 0 Å². The first-order valence-electron chi connectivity index (χ1n) is 8.24. The molecule has 0 bridgehead atoms. The summed E-state index contributed by atoms with van der Waals surface area (Å²) in [6, 6.07) is 10.9. The Hall–Kier alpha value is -1.43. The molecule has 1 saturated heterocycles. The molecule has 1 aliphatic carbocycles. The van der Waals surface area contributed by atoms with E-state index in [0.717, 1.165) is 25.7 Å². The van der Waals surface area contributed by atoms with E-state index in [4.69, 9.17) is 0 Å². The number of carbonyl (C=O) groups is 1. The van der Waals surface area contributed by atoms with Gasteiger partial charge in [0.1, 0.15) is 0 Å². The van der Waals surface area contributed by atoms with Gasteiger partial charge in [-0.05, 0) is 31.2 Å². The molecule has 0 aromatic heterocycles. The second-order valence-electron chi connectivity index (χ2n) is 6.45. The molecule has 2 unspecified atom stereocenters. The predicted molar refractivity (Wildman–Crippen MR) is 84.8 cm³/mol. The molecule has 1 aromatic carbocycles. The molecule has 1 heterocycles. The molecule has 5 heteroatoms. The summed E-state index contributed by atoms with van der Waals surface area (Å²) in [4.78, 5) is 12.2. The first-order valence-corrected chi connectivity index (χ1v) is 8.24. The maximum absolute atomic E-state index is 12.2. The fraction of sp³-hybridized carbons (Fsp3) is 0.588. The molecule has 2 aliphatic rings. The third kappa shape index (κ3) is 3.85. The Morgan fingerprint density at radius 2 is 2.00 bits per heavy atom. The number of rotatable bonds is 4. The van der Waals surface area contributed by atoms with Crippen LogP contribution in [0.15, 0.2) is 30.3 Å². The molecule has 5 nitrogen and oxygen atoms in total. The van der Waals surface area contributed by atoms with E-state index in [9.17, 15) is 9.90 Å². The highest BCUT2D eigenvalue weighted by atomic mass is 16.3. The van der Waals surface area contributed by atoms with Gasteiger partial charge in [-0.2, -0.15) is 0 Å². The average Bonchev–Trinajstić information content (AvgIpc) is 3.02. The summed E-state index contributed by atoms with van der Waals surface area (Å²) >= 11 is 0. The molecule has 1 amide bonds. The van der Waals surface area contributed by atoms with Gasteiger partial charge in [0.25, 0.3) is 0 Å². The van der Waals surface area contributed by atoms with E-state index in [0.29, 0.717) is 19.0 Å². The fourth-order valence-electron chi connectivity index (χ4n) is 3.43. The normalized spacial score (nSPS) is 31.9. The minimum atomic E-state index is -0.307. The highest BCUT2D eigenvalue weighted by molar-refractivity contribution is 5.78. The van der Waals surface area contributed by atoms with Crippen molar-refractivity contribution in [3.63, 3.8) is 0 Å². The smallest absolute Gasteiger partial charge is 0.223 e. The van der Waals surface area contributed by atoms with Gasteiger partial charge >= 0.3 is 0 Å². The van der Waals surface area contributed by atoms with E-state index >= 15 is 0 Å². The molecule has 3 rings (SSSR count). The summed E-state index contributed by atoms with van der Waals surface area (Å²) in [5.41, 5.74) is 7.81. The number of nitrogens with one attached hydrogen (secondary N) is 3. The molecule has 2 fully saturated rings. The van der Waals surface area contributed by atoms with Crippen LogP contribution in [0.4, 0.5) is 0 Å². The van der Waals surface area contributed by atoms with Crippen LogP contribution in [0.25, 0.3) is 0 Å². The molecule has 4 atom stereocenters. The van der Waals surface area contributed by atoms with E-state index in [1.165, 1.54) is 5.56 Å². The standard InChI is InChI=1S/C17H25N3O2/c21-15-8-4-7-13(9-15)17(22)18-11-14-10-16(20-19-14)12-5-2-1-3-6-12/h1-3,5-6,13-16,19-21H,4,7-11H2,(H,18,22)/t13-,14?,15+,16?/m1/s1. The van der Waals surface area contributed by atoms with Crippen LogP contribution in [0, 0.1) is 5.92 Å². The van der Waals surface area contributed by atoms with Crippen molar-refractivity contribution in [3.05, 3.63) is 35.9 Å². The Bertz CT molecular complexity index is 494. The van der Waals surface area contributed by atoms with Gasteiger partial charge in [-0.25, -0.2) is 5.43 Å². The SMILES string of the molecule is O=C(NCC1CC(c2ccccc2)NN1)[C@@H]1CCC[C@H](O)C1. The minimum Gasteiger partial charge on any atom is -0.393 e. The Balaban J connectivity index is 1.44. The summed E-state index contributed by atoms with van der Waals surface area (Å²) in [7, 11) is 0. The van der Waals surface area contributed by atoms with Crippen molar-refractivity contribution in [1.82, 2.24) is 16.2 Å². The first kappa shape index (κ1) is 15.5. The van der Waals surface area contributed by atoms with Gasteiger partial charge in [-0.15, -0.1) is 0 Å². The lowest BCUT2D eigenvalue weighted by Gasteiger charge is -2.25. The lowest BCUT2D eigenvalue weighted by molar-refractivity contribution is -0.127. The second-order valence-corrected chi connectivity index (χ2v) is 6.45. The van der Waals surface area contributed by atoms with Crippen molar-refractivity contribution in [2.45, 2.75) is 50.3 Å². The van der Waals surface area contributed by atoms with Gasteiger partial charge in [0.05, 0.1) is 6.10 Å². The molecule has 1 aromatic rings. The Kier molecular flexibility index (Phi) is 5.08. The van der Waals surface area contributed by atoms with E-state index in [-0.39, 0.29) is 24.0 Å². The molecule has 0 spiro atoms. The van der Waals surface area contributed by atoms with E-state index in [1.54, 1.807) is 0 Å². The van der Waals surface area contributed by atoms with E-state index < -0.39 is 0 Å². The molecule has 4 N–H and O–H groups in total. The van der Waals surface area contributed by atoms with Crippen molar-refractivity contribution in [2.24, 2.45) is 5.92 Å². The van der Waals surface area contributed by atoms with Gasteiger partial charge in [-0.3, -0.25) is 10.2 Å². The molecule has 22 heavy (non-hydrogen) atoms. The zero-order chi connectivity index (χ0) is 15.4. The topological polar surface area (TPSA) is 73.4 Å². The van der Waals surface area contributed by atoms with Gasteiger partial charge < -0.3 is 10.4 Å². The largest absolute Gasteiger partial charge is 0.393 e. The summed E-state index contributed by atoms with van der Waals surface area (Å²) in [6.45, 7) is 0.627. The van der Waals surface area contributed by atoms with Crippen LogP contribution in [0.5, 0.6) is 0 Å². The van der Waals surface area contributed by atoms with Crippen LogP contribution < -0.4 is 16.2 Å². The number of benzene rings is 1. The van der Waals surface area contributed by atoms with Crippen LogP contribution in [-0.4, -0.2) is 29.7 Å². The van der Waals surface area contributed by atoms with Crippen LogP contribution in [0.1, 0.15) is 43.7 Å². The number of amides is 1. The summed E-state index contributed by atoms with van der Waals surface area (Å²) < 4.78 is 0. The zero-order valence-corrected chi connectivity index (χ0v) is 12.8. The molecule has 120 valence electrons. The average molecular weight is 303 g/mol. The van der Waals surface area contributed by atoms with E-state index in [1.807, 2.05) is 18.2 Å². The Labute approximate surface area is 131 Å². The minimum absolute atomic E-state index is 0.0250. The van der Waals surface area contributed by atoms with Gasteiger partial charge in [0.2, 0.25) is 5.91 Å². The number of aliphatic hydroxyl groups excluding tert-OH is 1. The Morgan fingerprint density at radius 1 is 1.18 bits per heavy atom.